The predicted molar refractivity (Wildman–Crippen MR) is 74.3 cm³/mol. The van der Waals surface area contributed by atoms with Gasteiger partial charge in [-0.25, -0.2) is 0 Å². The molecule has 2 aliphatic rings. The zero-order valence-electron chi connectivity index (χ0n) is 12.2. The summed E-state index contributed by atoms with van der Waals surface area (Å²) < 4.78 is 0. The van der Waals surface area contributed by atoms with Gasteiger partial charge >= 0.3 is 0 Å². The van der Waals surface area contributed by atoms with E-state index in [1.54, 1.807) is 0 Å². The van der Waals surface area contributed by atoms with Crippen molar-refractivity contribution in [2.24, 2.45) is 11.3 Å². The fourth-order valence-electron chi connectivity index (χ4n) is 3.38. The van der Waals surface area contributed by atoms with Crippen LogP contribution in [0.3, 0.4) is 0 Å². The van der Waals surface area contributed by atoms with E-state index in [9.17, 15) is 0 Å². The van der Waals surface area contributed by atoms with Crippen molar-refractivity contribution >= 4 is 0 Å². The highest BCUT2D eigenvalue weighted by Crippen LogP contribution is 2.40. The molecule has 2 heteroatoms. The molecule has 0 N–H and O–H groups in total. The van der Waals surface area contributed by atoms with Crippen molar-refractivity contribution < 1.29 is 0 Å². The van der Waals surface area contributed by atoms with Gasteiger partial charge in [0.05, 0.1) is 0 Å². The Labute approximate surface area is 107 Å². The Hall–Kier alpha value is -0.0800. The molecule has 100 valence electrons. The summed E-state index contributed by atoms with van der Waals surface area (Å²) in [5.74, 6) is 0.867. The molecule has 2 heterocycles. The van der Waals surface area contributed by atoms with Crippen LogP contribution in [0.5, 0.6) is 0 Å². The monoisotopic (exact) mass is 238 g/mol. The van der Waals surface area contributed by atoms with Crippen molar-refractivity contribution in [3.8, 4) is 0 Å². The summed E-state index contributed by atoms with van der Waals surface area (Å²) in [5.41, 5.74) is 0.683. The molecule has 2 aliphatic heterocycles. The molecule has 0 aromatic rings. The Bertz CT molecular complexity index is 241. The van der Waals surface area contributed by atoms with E-state index in [1.165, 1.54) is 52.0 Å². The van der Waals surface area contributed by atoms with E-state index in [0.717, 1.165) is 12.0 Å². The maximum atomic E-state index is 2.71. The minimum atomic E-state index is 0.683. The van der Waals surface area contributed by atoms with Gasteiger partial charge in [-0.15, -0.1) is 0 Å². The summed E-state index contributed by atoms with van der Waals surface area (Å²) in [6, 6.07) is 0.746. The van der Waals surface area contributed by atoms with Crippen LogP contribution in [-0.4, -0.2) is 48.6 Å². The Balaban J connectivity index is 1.67. The number of rotatable bonds is 5. The van der Waals surface area contributed by atoms with E-state index >= 15 is 0 Å². The smallest absolute Gasteiger partial charge is 0.00971 e. The number of likely N-dealkylation sites (tertiary alicyclic amines) is 2. The summed E-state index contributed by atoms with van der Waals surface area (Å²) in [6.07, 6.45) is 4.22. The molecule has 0 amide bonds. The van der Waals surface area contributed by atoms with E-state index in [2.05, 4.69) is 37.5 Å². The lowest BCUT2D eigenvalue weighted by atomic mass is 9.78. The third-order valence-corrected chi connectivity index (χ3v) is 4.58. The molecule has 0 aliphatic carbocycles. The first kappa shape index (κ1) is 13.4. The highest BCUT2D eigenvalue weighted by atomic mass is 15.3. The lowest BCUT2D eigenvalue weighted by Gasteiger charge is -2.50. The van der Waals surface area contributed by atoms with Crippen LogP contribution < -0.4 is 0 Å². The van der Waals surface area contributed by atoms with Gasteiger partial charge in [0.2, 0.25) is 0 Å². The standard InChI is InChI=1S/C15H30N2/c1-13(2)6-5-8-16-9-7-15(10-16)11-17(12-15)14(3)4/h13-14H,5-12H2,1-4H3. The van der Waals surface area contributed by atoms with E-state index < -0.39 is 0 Å². The van der Waals surface area contributed by atoms with E-state index in [1.807, 2.05) is 0 Å². The van der Waals surface area contributed by atoms with Crippen molar-refractivity contribution in [2.45, 2.75) is 53.0 Å². The van der Waals surface area contributed by atoms with Crippen molar-refractivity contribution in [3.05, 3.63) is 0 Å². The van der Waals surface area contributed by atoms with E-state index in [4.69, 9.17) is 0 Å². The van der Waals surface area contributed by atoms with Crippen LogP contribution in [0.4, 0.5) is 0 Å². The maximum absolute atomic E-state index is 2.71. The van der Waals surface area contributed by atoms with E-state index in [0.29, 0.717) is 5.41 Å². The van der Waals surface area contributed by atoms with Crippen LogP contribution in [0.1, 0.15) is 47.0 Å². The number of hydrogen-bond acceptors (Lipinski definition) is 2. The first-order chi connectivity index (χ1) is 8.01. The van der Waals surface area contributed by atoms with Crippen molar-refractivity contribution in [3.63, 3.8) is 0 Å². The first-order valence-corrected chi connectivity index (χ1v) is 7.47. The fraction of sp³-hybridized carbons (Fsp3) is 1.00. The van der Waals surface area contributed by atoms with Gasteiger partial charge < -0.3 is 4.90 Å². The number of nitrogens with zero attached hydrogens (tertiary/aromatic N) is 2. The summed E-state index contributed by atoms with van der Waals surface area (Å²) in [6.45, 7) is 16.1. The van der Waals surface area contributed by atoms with Crippen molar-refractivity contribution in [2.75, 3.05) is 32.7 Å². The topological polar surface area (TPSA) is 6.48 Å². The maximum Gasteiger partial charge on any atom is 0.00971 e. The molecule has 0 aromatic heterocycles. The molecule has 0 unspecified atom stereocenters. The zero-order valence-corrected chi connectivity index (χ0v) is 12.2. The number of hydrogen-bond donors (Lipinski definition) is 0. The molecule has 2 nitrogen and oxygen atoms in total. The molecule has 0 radical (unpaired) electrons. The van der Waals surface area contributed by atoms with Crippen LogP contribution in [0.15, 0.2) is 0 Å². The third kappa shape index (κ3) is 3.23. The fourth-order valence-corrected chi connectivity index (χ4v) is 3.38. The molecular weight excluding hydrogens is 208 g/mol. The normalized spacial score (nSPS) is 25.1. The Morgan fingerprint density at radius 2 is 1.76 bits per heavy atom. The molecule has 17 heavy (non-hydrogen) atoms. The van der Waals surface area contributed by atoms with Gasteiger partial charge in [-0.05, 0) is 52.1 Å². The predicted octanol–water partition coefficient (Wildman–Crippen LogP) is 2.84. The molecular formula is C15H30N2. The molecule has 1 spiro atoms. The van der Waals surface area contributed by atoms with Crippen LogP contribution >= 0.6 is 0 Å². The van der Waals surface area contributed by atoms with Gasteiger partial charge in [-0.2, -0.15) is 0 Å². The van der Waals surface area contributed by atoms with Gasteiger partial charge in [0.15, 0.2) is 0 Å². The molecule has 0 bridgehead atoms. The minimum absolute atomic E-state index is 0.683. The van der Waals surface area contributed by atoms with Crippen LogP contribution in [0, 0.1) is 11.3 Å². The van der Waals surface area contributed by atoms with Crippen molar-refractivity contribution in [1.82, 2.24) is 9.80 Å². The second-order valence-electron chi connectivity index (χ2n) is 7.06. The second kappa shape index (κ2) is 5.27. The SMILES string of the molecule is CC(C)CCCN1CCC2(C1)CN(C(C)C)C2. The molecule has 2 rings (SSSR count). The average Bonchev–Trinajstić information content (AvgIpc) is 2.59. The van der Waals surface area contributed by atoms with Crippen LogP contribution in [-0.2, 0) is 0 Å². The summed E-state index contributed by atoms with van der Waals surface area (Å²) >= 11 is 0. The highest BCUT2D eigenvalue weighted by molar-refractivity contribution is 5.01. The van der Waals surface area contributed by atoms with Gasteiger partial charge in [0, 0.05) is 31.1 Å². The molecule has 0 atom stereocenters. The van der Waals surface area contributed by atoms with Crippen molar-refractivity contribution in [1.29, 1.82) is 0 Å². The van der Waals surface area contributed by atoms with Gasteiger partial charge in [0.25, 0.3) is 0 Å². The van der Waals surface area contributed by atoms with Crippen LogP contribution in [0.25, 0.3) is 0 Å². The largest absolute Gasteiger partial charge is 0.303 e. The Morgan fingerprint density at radius 1 is 1.06 bits per heavy atom. The van der Waals surface area contributed by atoms with Gasteiger partial charge in [-0.3, -0.25) is 4.90 Å². The lowest BCUT2D eigenvalue weighted by molar-refractivity contribution is -0.0141. The lowest BCUT2D eigenvalue weighted by Crippen LogP contribution is -2.59. The van der Waals surface area contributed by atoms with Gasteiger partial charge in [-0.1, -0.05) is 13.8 Å². The third-order valence-electron chi connectivity index (χ3n) is 4.58. The zero-order chi connectivity index (χ0) is 12.5. The molecule has 2 fully saturated rings. The Morgan fingerprint density at radius 3 is 2.35 bits per heavy atom. The molecule has 0 saturated carbocycles. The van der Waals surface area contributed by atoms with Crippen LogP contribution in [0.2, 0.25) is 0 Å². The molecule has 2 saturated heterocycles. The van der Waals surface area contributed by atoms with E-state index in [-0.39, 0.29) is 0 Å². The summed E-state index contributed by atoms with van der Waals surface area (Å²) in [7, 11) is 0. The van der Waals surface area contributed by atoms with Gasteiger partial charge in [0.1, 0.15) is 0 Å². The summed E-state index contributed by atoms with van der Waals surface area (Å²) in [4.78, 5) is 5.33. The average molecular weight is 238 g/mol. The Kier molecular flexibility index (Phi) is 4.14. The summed E-state index contributed by atoms with van der Waals surface area (Å²) in [5, 5.41) is 0. The first-order valence-electron chi connectivity index (χ1n) is 7.47. The second-order valence-corrected chi connectivity index (χ2v) is 7.06. The minimum Gasteiger partial charge on any atom is -0.303 e. The highest BCUT2D eigenvalue weighted by Gasteiger charge is 2.47. The quantitative estimate of drug-likeness (QED) is 0.727. The molecule has 0 aromatic carbocycles.